The fourth-order valence-corrected chi connectivity index (χ4v) is 5.25. The van der Waals surface area contributed by atoms with Crippen molar-refractivity contribution < 1.29 is 8.42 Å². The maximum Gasteiger partial charge on any atom is 0.154 e. The van der Waals surface area contributed by atoms with Gasteiger partial charge in [-0.2, -0.15) is 0 Å². The van der Waals surface area contributed by atoms with E-state index in [1.165, 1.54) is 0 Å². The number of sulfone groups is 1. The van der Waals surface area contributed by atoms with Crippen molar-refractivity contribution in [2.75, 3.05) is 18.8 Å². The topological polar surface area (TPSA) is 86.2 Å². The minimum atomic E-state index is -3.16. The van der Waals surface area contributed by atoms with Crippen molar-refractivity contribution in [1.82, 2.24) is 0 Å². The van der Waals surface area contributed by atoms with Crippen molar-refractivity contribution in [1.29, 1.82) is 0 Å². The second-order valence-corrected chi connectivity index (χ2v) is 7.89. The Morgan fingerprint density at radius 1 is 1.21 bits per heavy atom. The Morgan fingerprint density at radius 3 is 2.16 bits per heavy atom. The molecular weight excluding hydrogens is 284 g/mol. The van der Waals surface area contributed by atoms with Gasteiger partial charge in [0.2, 0.25) is 0 Å². The molecule has 6 heteroatoms. The van der Waals surface area contributed by atoms with Crippen LogP contribution in [0.3, 0.4) is 0 Å². The number of hydrogen-bond donors (Lipinski definition) is 2. The molecule has 0 saturated heterocycles. The fourth-order valence-electron chi connectivity index (χ4n) is 2.94. The molecule has 1 aromatic rings. The number of rotatable bonds is 5. The van der Waals surface area contributed by atoms with Gasteiger partial charge in [-0.05, 0) is 17.7 Å². The van der Waals surface area contributed by atoms with Crippen molar-refractivity contribution in [2.45, 2.75) is 18.1 Å². The van der Waals surface area contributed by atoms with Gasteiger partial charge in [-0.1, -0.05) is 30.7 Å². The zero-order valence-electron chi connectivity index (χ0n) is 10.8. The van der Waals surface area contributed by atoms with Crippen molar-refractivity contribution in [3.8, 4) is 0 Å². The van der Waals surface area contributed by atoms with Crippen molar-refractivity contribution in [3.05, 3.63) is 34.9 Å². The lowest BCUT2D eigenvalue weighted by Crippen LogP contribution is -2.31. The summed E-state index contributed by atoms with van der Waals surface area (Å²) in [7, 11) is -3.16. The summed E-state index contributed by atoms with van der Waals surface area (Å²) >= 11 is 5.86. The fraction of sp³-hybridized carbons (Fsp3) is 0.538. The molecule has 0 aliphatic heterocycles. The van der Waals surface area contributed by atoms with Gasteiger partial charge in [0.05, 0.1) is 5.25 Å². The SMILES string of the molecule is CCS(=O)(=O)[C@H]1[C@H](c2ccc(Cl)cc2)C1(CN)CN. The van der Waals surface area contributed by atoms with E-state index in [2.05, 4.69) is 0 Å². The normalized spacial score (nSPS) is 25.3. The molecule has 1 aliphatic carbocycles. The summed E-state index contributed by atoms with van der Waals surface area (Å²) in [5, 5.41) is 0.159. The molecule has 4 nitrogen and oxygen atoms in total. The van der Waals surface area contributed by atoms with E-state index in [0.717, 1.165) is 5.56 Å². The van der Waals surface area contributed by atoms with Crippen LogP contribution in [-0.2, 0) is 9.84 Å². The Labute approximate surface area is 119 Å². The lowest BCUT2D eigenvalue weighted by atomic mass is 9.99. The largest absolute Gasteiger partial charge is 0.330 e. The van der Waals surface area contributed by atoms with Gasteiger partial charge in [0.15, 0.2) is 9.84 Å². The smallest absolute Gasteiger partial charge is 0.154 e. The van der Waals surface area contributed by atoms with E-state index in [4.69, 9.17) is 23.1 Å². The first-order valence-corrected chi connectivity index (χ1v) is 8.39. The molecule has 4 N–H and O–H groups in total. The van der Waals surface area contributed by atoms with E-state index in [1.807, 2.05) is 12.1 Å². The third-order valence-corrected chi connectivity index (χ3v) is 6.73. The highest BCUT2D eigenvalue weighted by atomic mass is 35.5. The maximum absolute atomic E-state index is 12.2. The van der Waals surface area contributed by atoms with E-state index < -0.39 is 20.5 Å². The molecule has 0 unspecified atom stereocenters. The van der Waals surface area contributed by atoms with Gasteiger partial charge < -0.3 is 11.5 Å². The van der Waals surface area contributed by atoms with Crippen LogP contribution < -0.4 is 11.5 Å². The third kappa shape index (κ3) is 2.29. The van der Waals surface area contributed by atoms with Gasteiger partial charge in [-0.25, -0.2) is 8.42 Å². The maximum atomic E-state index is 12.2. The molecule has 0 bridgehead atoms. The van der Waals surface area contributed by atoms with Crippen LogP contribution in [0.15, 0.2) is 24.3 Å². The zero-order chi connectivity index (χ0) is 14.3. The molecule has 1 aromatic carbocycles. The molecular formula is C13H19ClN2O2S. The van der Waals surface area contributed by atoms with Gasteiger partial charge in [0, 0.05) is 35.2 Å². The summed E-state index contributed by atoms with van der Waals surface area (Å²) < 4.78 is 24.4. The number of benzene rings is 1. The molecule has 106 valence electrons. The quantitative estimate of drug-likeness (QED) is 0.854. The molecule has 1 saturated carbocycles. The summed E-state index contributed by atoms with van der Waals surface area (Å²) in [6.07, 6.45) is 0. The first-order chi connectivity index (χ1) is 8.93. The summed E-state index contributed by atoms with van der Waals surface area (Å²) in [4.78, 5) is 0. The van der Waals surface area contributed by atoms with E-state index >= 15 is 0 Å². The highest BCUT2D eigenvalue weighted by Crippen LogP contribution is 2.61. The lowest BCUT2D eigenvalue weighted by molar-refractivity contribution is 0.510. The second-order valence-electron chi connectivity index (χ2n) is 5.04. The van der Waals surface area contributed by atoms with Crippen LogP contribution in [0.5, 0.6) is 0 Å². The average Bonchev–Trinajstić information content (AvgIpc) is 3.10. The highest BCUT2D eigenvalue weighted by molar-refractivity contribution is 7.92. The first-order valence-electron chi connectivity index (χ1n) is 6.30. The lowest BCUT2D eigenvalue weighted by Gasteiger charge is -2.12. The Balaban J connectivity index is 2.42. The number of hydrogen-bond acceptors (Lipinski definition) is 4. The molecule has 0 radical (unpaired) electrons. The van der Waals surface area contributed by atoms with Gasteiger partial charge >= 0.3 is 0 Å². The predicted octanol–water partition coefficient (Wildman–Crippen LogP) is 1.14. The second kappa shape index (κ2) is 5.05. The summed E-state index contributed by atoms with van der Waals surface area (Å²) in [6.45, 7) is 2.21. The van der Waals surface area contributed by atoms with Gasteiger partial charge in [0.1, 0.15) is 0 Å². The first kappa shape index (κ1) is 14.8. The van der Waals surface area contributed by atoms with Crippen molar-refractivity contribution >= 4 is 21.4 Å². The van der Waals surface area contributed by atoms with Crippen LogP contribution in [0.1, 0.15) is 18.4 Å². The molecule has 1 aliphatic rings. The van der Waals surface area contributed by atoms with Crippen LogP contribution in [0.25, 0.3) is 0 Å². The van der Waals surface area contributed by atoms with Crippen LogP contribution in [0.4, 0.5) is 0 Å². The van der Waals surface area contributed by atoms with Crippen molar-refractivity contribution in [3.63, 3.8) is 0 Å². The average molecular weight is 303 g/mol. The molecule has 0 aromatic heterocycles. The minimum Gasteiger partial charge on any atom is -0.330 e. The standard InChI is InChI=1S/C13H19ClN2O2S/c1-2-19(17,18)12-11(13(12,7-15)8-16)9-3-5-10(14)6-4-9/h3-6,11-12H,2,7-8,15-16H2,1H3/t11-,12-/m0/s1. The third-order valence-electron chi connectivity index (χ3n) is 4.16. The van der Waals surface area contributed by atoms with Crippen LogP contribution in [-0.4, -0.2) is 32.5 Å². The Hall–Kier alpha value is -0.620. The molecule has 1 fully saturated rings. The highest BCUT2D eigenvalue weighted by Gasteiger charge is 2.68. The molecule has 0 amide bonds. The molecule has 19 heavy (non-hydrogen) atoms. The Bertz CT molecular complexity index is 553. The van der Waals surface area contributed by atoms with Gasteiger partial charge in [0.25, 0.3) is 0 Å². The molecule has 0 spiro atoms. The van der Waals surface area contributed by atoms with E-state index in [1.54, 1.807) is 19.1 Å². The Kier molecular flexibility index (Phi) is 3.93. The zero-order valence-corrected chi connectivity index (χ0v) is 12.4. The Morgan fingerprint density at radius 2 is 1.74 bits per heavy atom. The molecule has 0 heterocycles. The number of nitrogens with two attached hydrogens (primary N) is 2. The monoisotopic (exact) mass is 302 g/mol. The van der Waals surface area contributed by atoms with Crippen LogP contribution >= 0.6 is 11.6 Å². The molecule has 2 atom stereocenters. The van der Waals surface area contributed by atoms with E-state index in [9.17, 15) is 8.42 Å². The van der Waals surface area contributed by atoms with Crippen LogP contribution in [0.2, 0.25) is 5.02 Å². The van der Waals surface area contributed by atoms with Crippen molar-refractivity contribution in [2.24, 2.45) is 16.9 Å². The molecule has 2 rings (SSSR count). The van der Waals surface area contributed by atoms with Gasteiger partial charge in [-0.3, -0.25) is 0 Å². The summed E-state index contributed by atoms with van der Waals surface area (Å²) in [5.74, 6) is -0.00604. The van der Waals surface area contributed by atoms with E-state index in [0.29, 0.717) is 5.02 Å². The summed E-state index contributed by atoms with van der Waals surface area (Å²) in [6, 6.07) is 7.25. The summed E-state index contributed by atoms with van der Waals surface area (Å²) in [5.41, 5.74) is 12.0. The van der Waals surface area contributed by atoms with Gasteiger partial charge in [-0.15, -0.1) is 0 Å². The number of halogens is 1. The predicted molar refractivity (Wildman–Crippen MR) is 78.0 cm³/mol. The minimum absolute atomic E-state index is 0.115. The van der Waals surface area contributed by atoms with E-state index in [-0.39, 0.29) is 24.8 Å². The van der Waals surface area contributed by atoms with Crippen LogP contribution in [0, 0.1) is 5.41 Å².